The molecule has 1 heterocycles. The number of benzene rings is 3. The molecule has 4 rings (SSSR count). The fourth-order valence-electron chi connectivity index (χ4n) is 4.17. The maximum Gasteiger partial charge on any atom is 0.264 e. The highest BCUT2D eigenvalue weighted by molar-refractivity contribution is 7.92. The van der Waals surface area contributed by atoms with Gasteiger partial charge in [0.2, 0.25) is 15.9 Å². The SMILES string of the molecule is CCOc1ccc(S(=O)(=O)N(CC(=O)N2CCN(S(=O)(=O)c3ccc(C)cc3)CC2)c2ccccc2)cc1. The number of para-hydroxylation sites is 1. The van der Waals surface area contributed by atoms with Crippen molar-refractivity contribution < 1.29 is 26.4 Å². The number of hydrogen-bond acceptors (Lipinski definition) is 6. The Morgan fingerprint density at radius 2 is 1.39 bits per heavy atom. The van der Waals surface area contributed by atoms with Crippen molar-refractivity contribution in [3.63, 3.8) is 0 Å². The van der Waals surface area contributed by atoms with E-state index in [9.17, 15) is 21.6 Å². The minimum atomic E-state index is -4.07. The van der Waals surface area contributed by atoms with Gasteiger partial charge in [-0.3, -0.25) is 9.10 Å². The Bertz CT molecular complexity index is 1450. The second kappa shape index (κ2) is 11.5. The monoisotopic (exact) mass is 557 g/mol. The maximum atomic E-state index is 13.6. The van der Waals surface area contributed by atoms with Gasteiger partial charge in [-0.15, -0.1) is 0 Å². The van der Waals surface area contributed by atoms with E-state index in [1.165, 1.54) is 21.3 Å². The van der Waals surface area contributed by atoms with Crippen molar-refractivity contribution in [3.8, 4) is 5.75 Å². The van der Waals surface area contributed by atoms with E-state index >= 15 is 0 Å². The standard InChI is InChI=1S/C27H31N3O6S2/c1-3-36-24-11-15-26(16-12-24)38(34,35)30(23-7-5-4-6-8-23)21-27(31)28-17-19-29(20-18-28)37(32,33)25-13-9-22(2)10-14-25/h4-16H,3,17-21H2,1-2H3. The van der Waals surface area contributed by atoms with Gasteiger partial charge in [-0.05, 0) is 62.4 Å². The van der Waals surface area contributed by atoms with Crippen LogP contribution in [0.2, 0.25) is 0 Å². The number of aryl methyl sites for hydroxylation is 1. The van der Waals surface area contributed by atoms with Crippen molar-refractivity contribution in [3.05, 3.63) is 84.4 Å². The van der Waals surface area contributed by atoms with Crippen LogP contribution < -0.4 is 9.04 Å². The van der Waals surface area contributed by atoms with Crippen LogP contribution in [0.25, 0.3) is 0 Å². The van der Waals surface area contributed by atoms with Crippen LogP contribution in [0.4, 0.5) is 5.69 Å². The number of amides is 1. The number of ether oxygens (including phenoxy) is 1. The maximum absolute atomic E-state index is 13.6. The van der Waals surface area contributed by atoms with Crippen molar-refractivity contribution in [1.82, 2.24) is 9.21 Å². The van der Waals surface area contributed by atoms with E-state index in [-0.39, 0.29) is 36.0 Å². The van der Waals surface area contributed by atoms with Crippen molar-refractivity contribution >= 4 is 31.6 Å². The van der Waals surface area contributed by atoms with Crippen LogP contribution in [0.15, 0.2) is 88.7 Å². The Labute approximate surface area is 224 Å². The Morgan fingerprint density at radius 1 is 0.816 bits per heavy atom. The molecule has 0 unspecified atom stereocenters. The van der Waals surface area contributed by atoms with E-state index in [4.69, 9.17) is 4.74 Å². The number of hydrogen-bond donors (Lipinski definition) is 0. The third-order valence-corrected chi connectivity index (χ3v) is 10.00. The zero-order chi connectivity index (χ0) is 27.3. The van der Waals surface area contributed by atoms with Gasteiger partial charge in [0.1, 0.15) is 12.3 Å². The molecule has 1 amide bonds. The Morgan fingerprint density at radius 3 is 1.97 bits per heavy atom. The molecule has 0 aliphatic carbocycles. The van der Waals surface area contributed by atoms with Gasteiger partial charge in [0.05, 0.1) is 22.1 Å². The van der Waals surface area contributed by atoms with Gasteiger partial charge in [0, 0.05) is 26.2 Å². The Balaban J connectivity index is 1.50. The summed E-state index contributed by atoms with van der Waals surface area (Å²) < 4.78 is 61.1. The molecular weight excluding hydrogens is 526 g/mol. The molecule has 0 radical (unpaired) electrons. The number of rotatable bonds is 9. The van der Waals surface area contributed by atoms with Crippen LogP contribution in [0.5, 0.6) is 5.75 Å². The fourth-order valence-corrected chi connectivity index (χ4v) is 7.01. The van der Waals surface area contributed by atoms with Gasteiger partial charge in [0.15, 0.2) is 0 Å². The first-order chi connectivity index (χ1) is 18.1. The number of sulfonamides is 2. The number of piperazine rings is 1. The molecule has 0 aromatic heterocycles. The molecule has 1 saturated heterocycles. The Kier molecular flexibility index (Phi) is 8.39. The lowest BCUT2D eigenvalue weighted by Gasteiger charge is -2.35. The van der Waals surface area contributed by atoms with Gasteiger partial charge in [-0.1, -0.05) is 35.9 Å². The van der Waals surface area contributed by atoms with Gasteiger partial charge < -0.3 is 9.64 Å². The summed E-state index contributed by atoms with van der Waals surface area (Å²) in [6.07, 6.45) is 0. The lowest BCUT2D eigenvalue weighted by Crippen LogP contribution is -2.53. The summed E-state index contributed by atoms with van der Waals surface area (Å²) in [5.41, 5.74) is 1.32. The molecule has 202 valence electrons. The predicted molar refractivity (Wildman–Crippen MR) is 145 cm³/mol. The van der Waals surface area contributed by atoms with E-state index in [0.717, 1.165) is 9.87 Å². The summed E-state index contributed by atoms with van der Waals surface area (Å²) >= 11 is 0. The zero-order valence-corrected chi connectivity index (χ0v) is 23.0. The summed E-state index contributed by atoms with van der Waals surface area (Å²) in [5.74, 6) is 0.142. The molecule has 0 bridgehead atoms. The number of nitrogens with zero attached hydrogens (tertiary/aromatic N) is 3. The van der Waals surface area contributed by atoms with Crippen LogP contribution in [-0.4, -0.2) is 71.3 Å². The molecule has 3 aromatic carbocycles. The van der Waals surface area contributed by atoms with E-state index in [2.05, 4.69) is 0 Å². The van der Waals surface area contributed by atoms with Crippen molar-refractivity contribution in [1.29, 1.82) is 0 Å². The number of carbonyl (C=O) groups excluding carboxylic acids is 1. The highest BCUT2D eigenvalue weighted by atomic mass is 32.2. The molecule has 3 aromatic rings. The topological polar surface area (TPSA) is 104 Å². The third kappa shape index (κ3) is 6.01. The molecule has 0 spiro atoms. The van der Waals surface area contributed by atoms with E-state index in [0.29, 0.717) is 18.0 Å². The summed E-state index contributed by atoms with van der Waals surface area (Å²) in [4.78, 5) is 15.0. The van der Waals surface area contributed by atoms with Crippen LogP contribution in [-0.2, 0) is 24.8 Å². The lowest BCUT2D eigenvalue weighted by atomic mass is 10.2. The van der Waals surface area contributed by atoms with E-state index in [1.807, 2.05) is 13.8 Å². The third-order valence-electron chi connectivity index (χ3n) is 6.30. The smallest absolute Gasteiger partial charge is 0.264 e. The molecule has 1 aliphatic heterocycles. The van der Waals surface area contributed by atoms with E-state index in [1.54, 1.807) is 66.7 Å². The number of carbonyl (C=O) groups is 1. The average molecular weight is 558 g/mol. The van der Waals surface area contributed by atoms with Crippen LogP contribution >= 0.6 is 0 Å². The second-order valence-electron chi connectivity index (χ2n) is 8.85. The first-order valence-corrected chi connectivity index (χ1v) is 15.2. The zero-order valence-electron chi connectivity index (χ0n) is 21.4. The summed E-state index contributed by atoms with van der Waals surface area (Å²) in [7, 11) is -7.75. The molecule has 1 aliphatic rings. The first-order valence-electron chi connectivity index (χ1n) is 12.3. The van der Waals surface area contributed by atoms with Crippen molar-refractivity contribution in [2.45, 2.75) is 23.6 Å². The average Bonchev–Trinajstić information content (AvgIpc) is 2.93. The highest BCUT2D eigenvalue weighted by Gasteiger charge is 2.33. The second-order valence-corrected chi connectivity index (χ2v) is 12.6. The quantitative estimate of drug-likeness (QED) is 0.401. The highest BCUT2D eigenvalue weighted by Crippen LogP contribution is 2.26. The molecule has 0 saturated carbocycles. The largest absolute Gasteiger partial charge is 0.494 e. The van der Waals surface area contributed by atoms with E-state index < -0.39 is 32.5 Å². The molecule has 38 heavy (non-hydrogen) atoms. The minimum absolute atomic E-state index is 0.0339. The van der Waals surface area contributed by atoms with Crippen LogP contribution in [0.3, 0.4) is 0 Å². The summed E-state index contributed by atoms with van der Waals surface area (Å²) in [5, 5.41) is 0. The predicted octanol–water partition coefficient (Wildman–Crippen LogP) is 3.12. The first kappa shape index (κ1) is 27.6. The van der Waals surface area contributed by atoms with Crippen LogP contribution in [0, 0.1) is 6.92 Å². The summed E-state index contributed by atoms with van der Waals surface area (Å²) in [6.45, 7) is 4.34. The molecular formula is C27H31N3O6S2. The molecule has 0 N–H and O–H groups in total. The summed E-state index contributed by atoms with van der Waals surface area (Å²) in [6, 6.07) is 21.1. The van der Waals surface area contributed by atoms with Crippen LogP contribution in [0.1, 0.15) is 12.5 Å². The van der Waals surface area contributed by atoms with Gasteiger partial charge >= 0.3 is 0 Å². The van der Waals surface area contributed by atoms with Crippen molar-refractivity contribution in [2.24, 2.45) is 0 Å². The minimum Gasteiger partial charge on any atom is -0.494 e. The fraction of sp³-hybridized carbons (Fsp3) is 0.296. The van der Waals surface area contributed by atoms with Gasteiger partial charge in [-0.2, -0.15) is 4.31 Å². The molecule has 0 atom stereocenters. The number of anilines is 1. The molecule has 1 fully saturated rings. The van der Waals surface area contributed by atoms with Gasteiger partial charge in [0.25, 0.3) is 10.0 Å². The normalized spacial score (nSPS) is 14.7. The molecule has 11 heteroatoms. The van der Waals surface area contributed by atoms with Crippen molar-refractivity contribution in [2.75, 3.05) is 43.6 Å². The lowest BCUT2D eigenvalue weighted by molar-refractivity contribution is -0.130. The Hall–Kier alpha value is -3.41. The molecule has 9 nitrogen and oxygen atoms in total. The van der Waals surface area contributed by atoms with Gasteiger partial charge in [-0.25, -0.2) is 16.8 Å².